The summed E-state index contributed by atoms with van der Waals surface area (Å²) in [6, 6.07) is 13.4. The average Bonchev–Trinajstić information content (AvgIpc) is 2.67. The molecule has 4 rings (SSSR count). The van der Waals surface area contributed by atoms with Gasteiger partial charge in [-0.2, -0.15) is 13.2 Å². The van der Waals surface area contributed by atoms with Crippen LogP contribution in [0.25, 0.3) is 28.0 Å². The van der Waals surface area contributed by atoms with Gasteiger partial charge in [-0.25, -0.2) is 4.98 Å². The number of phenols is 1. The number of aromatic hydroxyl groups is 1. The lowest BCUT2D eigenvalue weighted by atomic mass is 10.1. The van der Waals surface area contributed by atoms with Crippen LogP contribution in [0.4, 0.5) is 13.2 Å². The number of benzene rings is 2. The summed E-state index contributed by atoms with van der Waals surface area (Å²) in [6.07, 6.45) is -4.80. The minimum Gasteiger partial charge on any atom is -0.508 e. The van der Waals surface area contributed by atoms with Gasteiger partial charge in [-0.05, 0) is 67.2 Å². The first-order chi connectivity index (χ1) is 14.1. The SMILES string of the molecule is Cc1cccc(-n2c(=S)[nH]c(=O)c3c(C(F)(F)F)cc(-c4ccc(O)cc4)nc32)c1. The summed E-state index contributed by atoms with van der Waals surface area (Å²) in [7, 11) is 0. The molecule has 152 valence electrons. The summed E-state index contributed by atoms with van der Waals surface area (Å²) in [6.45, 7) is 1.83. The van der Waals surface area contributed by atoms with Gasteiger partial charge in [0.25, 0.3) is 5.56 Å². The fourth-order valence-electron chi connectivity index (χ4n) is 3.24. The van der Waals surface area contributed by atoms with Gasteiger partial charge in [-0.15, -0.1) is 0 Å². The number of hydrogen-bond acceptors (Lipinski definition) is 4. The highest BCUT2D eigenvalue weighted by atomic mass is 32.1. The molecule has 0 aliphatic heterocycles. The van der Waals surface area contributed by atoms with Crippen molar-refractivity contribution < 1.29 is 18.3 Å². The number of fused-ring (bicyclic) bond motifs is 1. The van der Waals surface area contributed by atoms with E-state index in [9.17, 15) is 23.1 Å². The topological polar surface area (TPSA) is 70.9 Å². The summed E-state index contributed by atoms with van der Waals surface area (Å²) < 4.78 is 43.0. The summed E-state index contributed by atoms with van der Waals surface area (Å²) in [5.41, 5.74) is -0.598. The van der Waals surface area contributed by atoms with Gasteiger partial charge in [0.15, 0.2) is 10.4 Å². The smallest absolute Gasteiger partial charge is 0.417 e. The van der Waals surface area contributed by atoms with Crippen molar-refractivity contribution >= 4 is 23.3 Å². The lowest BCUT2D eigenvalue weighted by molar-refractivity contribution is -0.136. The zero-order valence-corrected chi connectivity index (χ0v) is 16.3. The Morgan fingerprint density at radius 2 is 1.80 bits per heavy atom. The van der Waals surface area contributed by atoms with Gasteiger partial charge in [0.1, 0.15) is 5.75 Å². The van der Waals surface area contributed by atoms with Crippen LogP contribution in [0.3, 0.4) is 0 Å². The van der Waals surface area contributed by atoms with E-state index in [1.807, 2.05) is 13.0 Å². The highest BCUT2D eigenvalue weighted by molar-refractivity contribution is 7.71. The zero-order valence-electron chi connectivity index (χ0n) is 15.5. The Hall–Kier alpha value is -3.46. The van der Waals surface area contributed by atoms with Gasteiger partial charge in [-0.3, -0.25) is 14.3 Å². The monoisotopic (exact) mass is 429 g/mol. The highest BCUT2D eigenvalue weighted by Gasteiger charge is 2.35. The van der Waals surface area contributed by atoms with E-state index in [-0.39, 0.29) is 21.9 Å². The molecule has 9 heteroatoms. The molecule has 0 saturated heterocycles. The predicted octanol–water partition coefficient (Wildman–Crippen LogP) is 5.14. The van der Waals surface area contributed by atoms with Crippen molar-refractivity contribution in [3.05, 3.63) is 80.8 Å². The lowest BCUT2D eigenvalue weighted by Crippen LogP contribution is -2.20. The standard InChI is InChI=1S/C21H14F3N3O2S/c1-11-3-2-4-13(9-11)27-18-17(19(29)26-20(27)30)15(21(22,23)24)10-16(25-18)12-5-7-14(28)8-6-12/h2-10,28H,1H3,(H,26,29,30). The third-order valence-corrected chi connectivity index (χ3v) is 4.88. The second kappa shape index (κ2) is 7.10. The molecule has 0 atom stereocenters. The van der Waals surface area contributed by atoms with Gasteiger partial charge in [0, 0.05) is 5.56 Å². The number of nitrogens with one attached hydrogen (secondary N) is 1. The van der Waals surface area contributed by atoms with Crippen LogP contribution in [0.15, 0.2) is 59.4 Å². The number of pyridine rings is 1. The fraction of sp³-hybridized carbons (Fsp3) is 0.0952. The van der Waals surface area contributed by atoms with Crippen LogP contribution >= 0.6 is 12.2 Å². The number of aromatic amines is 1. The van der Waals surface area contributed by atoms with Crippen LogP contribution in [-0.4, -0.2) is 19.6 Å². The molecule has 2 aromatic heterocycles. The van der Waals surface area contributed by atoms with Crippen molar-refractivity contribution in [3.8, 4) is 22.7 Å². The molecular weight excluding hydrogens is 415 g/mol. The lowest BCUT2D eigenvalue weighted by Gasteiger charge is -2.16. The first kappa shape index (κ1) is 19.8. The van der Waals surface area contributed by atoms with Crippen LogP contribution in [0.2, 0.25) is 0 Å². The molecule has 4 aromatic rings. The number of H-pyrrole nitrogens is 1. The highest BCUT2D eigenvalue weighted by Crippen LogP contribution is 2.36. The van der Waals surface area contributed by atoms with Crippen LogP contribution in [0.5, 0.6) is 5.75 Å². The second-order valence-corrected chi connectivity index (χ2v) is 7.12. The Kier molecular flexibility index (Phi) is 4.70. The summed E-state index contributed by atoms with van der Waals surface area (Å²) >= 11 is 5.26. The van der Waals surface area contributed by atoms with Crippen molar-refractivity contribution in [2.75, 3.05) is 0 Å². The Labute approximate surface area is 173 Å². The van der Waals surface area contributed by atoms with Gasteiger partial charge < -0.3 is 5.11 Å². The van der Waals surface area contributed by atoms with Gasteiger partial charge in [0.2, 0.25) is 0 Å². The number of nitrogens with zero attached hydrogens (tertiary/aromatic N) is 2. The molecule has 2 N–H and O–H groups in total. The van der Waals surface area contributed by atoms with E-state index in [1.54, 1.807) is 18.2 Å². The van der Waals surface area contributed by atoms with Crippen molar-refractivity contribution in [2.45, 2.75) is 13.1 Å². The number of aromatic nitrogens is 3. The normalized spacial score (nSPS) is 11.7. The van der Waals surface area contributed by atoms with Gasteiger partial charge >= 0.3 is 6.18 Å². The Balaban J connectivity index is 2.18. The molecule has 2 aromatic carbocycles. The molecule has 0 aliphatic carbocycles. The molecule has 0 aliphatic rings. The summed E-state index contributed by atoms with van der Waals surface area (Å²) in [5, 5.41) is 8.89. The quantitative estimate of drug-likeness (QED) is 0.433. The summed E-state index contributed by atoms with van der Waals surface area (Å²) in [4.78, 5) is 19.2. The van der Waals surface area contributed by atoms with Crippen molar-refractivity contribution in [3.63, 3.8) is 0 Å². The molecule has 0 saturated carbocycles. The molecule has 0 fully saturated rings. The van der Waals surface area contributed by atoms with Crippen LogP contribution in [0.1, 0.15) is 11.1 Å². The first-order valence-corrected chi connectivity index (χ1v) is 9.20. The zero-order chi connectivity index (χ0) is 21.6. The molecule has 0 amide bonds. The second-order valence-electron chi connectivity index (χ2n) is 6.73. The molecule has 5 nitrogen and oxygen atoms in total. The Morgan fingerprint density at radius 1 is 1.10 bits per heavy atom. The van der Waals surface area contributed by atoms with E-state index in [4.69, 9.17) is 12.2 Å². The maximum absolute atomic E-state index is 13.9. The average molecular weight is 429 g/mol. The molecule has 30 heavy (non-hydrogen) atoms. The number of phenolic OH excluding ortho intramolecular Hbond substituents is 1. The molecule has 2 heterocycles. The van der Waals surface area contributed by atoms with E-state index in [1.165, 1.54) is 28.8 Å². The van der Waals surface area contributed by atoms with Crippen molar-refractivity contribution in [2.24, 2.45) is 0 Å². The fourth-order valence-corrected chi connectivity index (χ4v) is 3.52. The predicted molar refractivity (Wildman–Crippen MR) is 109 cm³/mol. The third-order valence-electron chi connectivity index (χ3n) is 4.59. The Bertz CT molecular complexity index is 1390. The summed E-state index contributed by atoms with van der Waals surface area (Å²) in [5.74, 6) is -0.0327. The minimum atomic E-state index is -4.80. The van der Waals surface area contributed by atoms with Crippen molar-refractivity contribution in [1.29, 1.82) is 0 Å². The minimum absolute atomic E-state index is 0.00349. The van der Waals surface area contributed by atoms with Gasteiger partial charge in [0.05, 0.1) is 22.3 Å². The van der Waals surface area contributed by atoms with E-state index >= 15 is 0 Å². The first-order valence-electron chi connectivity index (χ1n) is 8.79. The van der Waals surface area contributed by atoms with E-state index in [2.05, 4.69) is 9.97 Å². The molecule has 0 bridgehead atoms. The maximum Gasteiger partial charge on any atom is 0.417 e. The number of rotatable bonds is 2. The van der Waals surface area contributed by atoms with Crippen LogP contribution < -0.4 is 5.56 Å². The number of aryl methyl sites for hydroxylation is 1. The van der Waals surface area contributed by atoms with E-state index in [0.29, 0.717) is 11.3 Å². The van der Waals surface area contributed by atoms with Crippen LogP contribution in [0, 0.1) is 11.7 Å². The molecule has 0 radical (unpaired) electrons. The van der Waals surface area contributed by atoms with Crippen LogP contribution in [-0.2, 0) is 6.18 Å². The number of alkyl halides is 3. The maximum atomic E-state index is 13.9. The molecule has 0 unspecified atom stereocenters. The molecular formula is C21H14F3N3O2S. The Morgan fingerprint density at radius 3 is 2.43 bits per heavy atom. The largest absolute Gasteiger partial charge is 0.508 e. The van der Waals surface area contributed by atoms with Crippen molar-refractivity contribution in [1.82, 2.24) is 14.5 Å². The molecule has 0 spiro atoms. The third kappa shape index (κ3) is 3.48. The van der Waals surface area contributed by atoms with E-state index in [0.717, 1.165) is 11.6 Å². The van der Waals surface area contributed by atoms with Gasteiger partial charge in [-0.1, -0.05) is 12.1 Å². The number of halogens is 3. The number of hydrogen-bond donors (Lipinski definition) is 2. The van der Waals surface area contributed by atoms with E-state index < -0.39 is 22.7 Å².